The van der Waals surface area contributed by atoms with Crippen LogP contribution in [0.1, 0.15) is 48.6 Å². The van der Waals surface area contributed by atoms with Crippen molar-refractivity contribution in [1.29, 1.82) is 0 Å². The van der Waals surface area contributed by atoms with E-state index in [4.69, 9.17) is 0 Å². The van der Waals surface area contributed by atoms with Gasteiger partial charge in [-0.25, -0.2) is 13.6 Å². The molecule has 2 N–H and O–H groups in total. The van der Waals surface area contributed by atoms with Gasteiger partial charge < -0.3 is 15.3 Å². The Morgan fingerprint density at radius 2 is 1.71 bits per heavy atom. The van der Waals surface area contributed by atoms with Gasteiger partial charge in [0.1, 0.15) is 17.4 Å². The molecule has 178 valence electrons. The molecule has 4 nitrogen and oxygen atoms in total. The van der Waals surface area contributed by atoms with E-state index in [1.165, 1.54) is 17.2 Å². The number of nitrogens with one attached hydrogen (secondary N) is 1. The van der Waals surface area contributed by atoms with Gasteiger partial charge >= 0.3 is 6.03 Å². The van der Waals surface area contributed by atoms with Gasteiger partial charge in [-0.3, -0.25) is 0 Å². The Labute approximate surface area is 199 Å². The minimum Gasteiger partial charge on any atom is -0.508 e. The molecule has 0 bridgehead atoms. The maximum Gasteiger partial charge on any atom is 0.322 e. The number of phenols is 1. The van der Waals surface area contributed by atoms with E-state index < -0.39 is 17.7 Å². The van der Waals surface area contributed by atoms with Gasteiger partial charge in [0.15, 0.2) is 0 Å². The number of aromatic hydroxyl groups is 1. The Bertz CT molecular complexity index is 1210. The minimum atomic E-state index is -0.821. The molecule has 3 aromatic carbocycles. The number of carbonyl (C=O) groups is 1. The lowest BCUT2D eigenvalue weighted by Gasteiger charge is -2.31. The fraction of sp³-hybridized carbons (Fsp3) is 0.321. The summed E-state index contributed by atoms with van der Waals surface area (Å²) in [6.45, 7) is 8.27. The van der Waals surface area contributed by atoms with E-state index in [0.717, 1.165) is 28.8 Å². The second-order valence-electron chi connectivity index (χ2n) is 10.1. The van der Waals surface area contributed by atoms with Gasteiger partial charge in [-0.1, -0.05) is 45.0 Å². The number of nitrogens with zero attached hydrogens (tertiary/aromatic N) is 1. The fourth-order valence-electron chi connectivity index (χ4n) is 4.59. The molecule has 0 radical (unpaired) electrons. The van der Waals surface area contributed by atoms with Crippen molar-refractivity contribution in [2.45, 2.75) is 58.5 Å². The quantitative estimate of drug-likeness (QED) is 0.464. The zero-order valence-electron chi connectivity index (χ0n) is 20.0. The first-order chi connectivity index (χ1) is 16.0. The summed E-state index contributed by atoms with van der Waals surface area (Å²) in [6, 6.07) is 14.3. The van der Waals surface area contributed by atoms with E-state index in [2.05, 4.69) is 17.4 Å². The van der Waals surface area contributed by atoms with Crippen molar-refractivity contribution >= 4 is 11.7 Å². The van der Waals surface area contributed by atoms with Crippen molar-refractivity contribution in [3.05, 3.63) is 94.0 Å². The topological polar surface area (TPSA) is 52.6 Å². The fourth-order valence-corrected chi connectivity index (χ4v) is 4.59. The van der Waals surface area contributed by atoms with E-state index in [0.29, 0.717) is 19.4 Å². The molecule has 1 aliphatic rings. The summed E-state index contributed by atoms with van der Waals surface area (Å²) in [6.07, 6.45) is 1.39. The Balaban J connectivity index is 1.68. The maximum atomic E-state index is 14.3. The van der Waals surface area contributed by atoms with Crippen LogP contribution in [0.3, 0.4) is 0 Å². The summed E-state index contributed by atoms with van der Waals surface area (Å²) in [5.41, 5.74) is 4.62. The molecule has 0 saturated heterocycles. The van der Waals surface area contributed by atoms with Crippen LogP contribution in [0.4, 0.5) is 19.3 Å². The van der Waals surface area contributed by atoms with Gasteiger partial charge in [0.25, 0.3) is 0 Å². The van der Waals surface area contributed by atoms with Crippen LogP contribution in [-0.4, -0.2) is 22.1 Å². The lowest BCUT2D eigenvalue weighted by molar-refractivity contribution is 0.185. The van der Waals surface area contributed by atoms with E-state index in [-0.39, 0.29) is 22.9 Å². The van der Waals surface area contributed by atoms with Crippen LogP contribution in [0.5, 0.6) is 5.75 Å². The zero-order chi connectivity index (χ0) is 24.6. The molecule has 0 aromatic heterocycles. The monoisotopic (exact) mass is 464 g/mol. The molecule has 0 aliphatic heterocycles. The number of anilines is 1. The summed E-state index contributed by atoms with van der Waals surface area (Å²) in [7, 11) is 0. The van der Waals surface area contributed by atoms with Crippen LogP contribution >= 0.6 is 0 Å². The lowest BCUT2D eigenvalue weighted by Crippen LogP contribution is -2.43. The van der Waals surface area contributed by atoms with Crippen LogP contribution in [0.25, 0.3) is 0 Å². The zero-order valence-corrected chi connectivity index (χ0v) is 20.0. The predicted molar refractivity (Wildman–Crippen MR) is 130 cm³/mol. The average molecular weight is 465 g/mol. The van der Waals surface area contributed by atoms with Crippen molar-refractivity contribution in [2.75, 3.05) is 5.32 Å². The summed E-state index contributed by atoms with van der Waals surface area (Å²) >= 11 is 0. The molecule has 34 heavy (non-hydrogen) atoms. The second kappa shape index (κ2) is 9.09. The molecular weight excluding hydrogens is 434 g/mol. The number of urea groups is 1. The summed E-state index contributed by atoms with van der Waals surface area (Å²) < 4.78 is 27.6. The van der Waals surface area contributed by atoms with Crippen LogP contribution in [-0.2, 0) is 24.8 Å². The number of carbonyl (C=O) groups excluding carboxylic acids is 1. The van der Waals surface area contributed by atoms with Crippen molar-refractivity contribution in [1.82, 2.24) is 4.90 Å². The Hall–Kier alpha value is -3.41. The summed E-state index contributed by atoms with van der Waals surface area (Å²) in [4.78, 5) is 15.2. The number of hydrogen-bond donors (Lipinski definition) is 2. The molecule has 0 spiro atoms. The van der Waals surface area contributed by atoms with Gasteiger partial charge in [-0.15, -0.1) is 0 Å². The normalized spacial score (nSPS) is 13.6. The number of phenolic OH excluding ortho intramolecular Hbond substituents is 1. The standard InChI is InChI=1S/C28H30F2N2O2/c1-17-11-26(33)23(28(2,3)4)14-20(17)16-32(22-12-18-7-5-6-8-19(18)13-22)27(34)31-25-10-9-21(29)15-24(25)30/h5-11,14-15,22,33H,12-13,16H2,1-4H3,(H,31,34). The highest BCUT2D eigenvalue weighted by atomic mass is 19.1. The number of hydrogen-bond acceptors (Lipinski definition) is 2. The number of fused-ring (bicyclic) bond motifs is 1. The largest absolute Gasteiger partial charge is 0.508 e. The predicted octanol–water partition coefficient (Wildman–Crippen LogP) is 6.48. The smallest absolute Gasteiger partial charge is 0.322 e. The molecule has 4 rings (SSSR count). The molecule has 1 aliphatic carbocycles. The molecule has 3 aromatic rings. The number of halogens is 2. The lowest BCUT2D eigenvalue weighted by atomic mass is 9.84. The average Bonchev–Trinajstić information content (AvgIpc) is 3.18. The Morgan fingerprint density at radius 3 is 2.29 bits per heavy atom. The van der Waals surface area contributed by atoms with Crippen molar-refractivity contribution in [2.24, 2.45) is 0 Å². The first-order valence-corrected chi connectivity index (χ1v) is 11.5. The highest BCUT2D eigenvalue weighted by Crippen LogP contribution is 2.34. The molecule has 0 fully saturated rings. The third kappa shape index (κ3) is 4.91. The van der Waals surface area contributed by atoms with Crippen LogP contribution in [0.2, 0.25) is 0 Å². The highest BCUT2D eigenvalue weighted by molar-refractivity contribution is 5.89. The Morgan fingerprint density at radius 1 is 1.06 bits per heavy atom. The van der Waals surface area contributed by atoms with E-state index in [9.17, 15) is 18.7 Å². The third-order valence-electron chi connectivity index (χ3n) is 6.51. The molecule has 2 amide bonds. The number of amides is 2. The van der Waals surface area contributed by atoms with Crippen molar-refractivity contribution < 1.29 is 18.7 Å². The molecular formula is C28H30F2N2O2. The number of benzene rings is 3. The Kier molecular flexibility index (Phi) is 6.34. The van der Waals surface area contributed by atoms with Crippen LogP contribution < -0.4 is 5.32 Å². The van der Waals surface area contributed by atoms with E-state index in [1.807, 2.05) is 45.9 Å². The second-order valence-corrected chi connectivity index (χ2v) is 10.1. The van der Waals surface area contributed by atoms with Gasteiger partial charge in [0.05, 0.1) is 5.69 Å². The first-order valence-electron chi connectivity index (χ1n) is 11.5. The summed E-state index contributed by atoms with van der Waals surface area (Å²) in [5, 5.41) is 13.1. The summed E-state index contributed by atoms with van der Waals surface area (Å²) in [5.74, 6) is -1.29. The molecule has 0 unspecified atom stereocenters. The van der Waals surface area contributed by atoms with Crippen molar-refractivity contribution in [3.8, 4) is 5.75 Å². The third-order valence-corrected chi connectivity index (χ3v) is 6.51. The van der Waals surface area contributed by atoms with E-state index in [1.54, 1.807) is 11.0 Å². The van der Waals surface area contributed by atoms with Crippen LogP contribution in [0.15, 0.2) is 54.6 Å². The van der Waals surface area contributed by atoms with E-state index >= 15 is 0 Å². The number of rotatable bonds is 4. The highest BCUT2D eigenvalue weighted by Gasteiger charge is 2.31. The molecule has 0 atom stereocenters. The van der Waals surface area contributed by atoms with Crippen molar-refractivity contribution in [3.63, 3.8) is 0 Å². The first kappa shape index (κ1) is 23.7. The SMILES string of the molecule is Cc1cc(O)c(C(C)(C)C)cc1CN(C(=O)Nc1ccc(F)cc1F)C1Cc2ccccc2C1. The molecule has 6 heteroatoms. The van der Waals surface area contributed by atoms with Crippen LogP contribution in [0, 0.1) is 18.6 Å². The molecule has 0 heterocycles. The van der Waals surface area contributed by atoms with Gasteiger partial charge in [-0.2, -0.15) is 0 Å². The van der Waals surface area contributed by atoms with Gasteiger partial charge in [0, 0.05) is 18.7 Å². The minimum absolute atomic E-state index is 0.0651. The maximum absolute atomic E-state index is 14.3. The number of aryl methyl sites for hydroxylation is 1. The van der Waals surface area contributed by atoms with Gasteiger partial charge in [-0.05, 0) is 77.3 Å². The van der Waals surface area contributed by atoms with Gasteiger partial charge in [0.2, 0.25) is 0 Å². The molecule has 0 saturated carbocycles.